The van der Waals surface area contributed by atoms with E-state index < -0.39 is 11.2 Å². The molecule has 0 saturated heterocycles. The van der Waals surface area contributed by atoms with Crippen LogP contribution in [0.25, 0.3) is 10.9 Å². The number of fused-ring (bicyclic) bond motifs is 1. The van der Waals surface area contributed by atoms with Gasteiger partial charge in [-0.3, -0.25) is 14.3 Å². The first-order valence-electron chi connectivity index (χ1n) is 12.8. The van der Waals surface area contributed by atoms with Crippen LogP contribution in [0.2, 0.25) is 0 Å². The molecule has 0 atom stereocenters. The van der Waals surface area contributed by atoms with Gasteiger partial charge in [-0.1, -0.05) is 60.2 Å². The van der Waals surface area contributed by atoms with Crippen molar-refractivity contribution in [1.29, 1.82) is 0 Å². The van der Waals surface area contributed by atoms with Gasteiger partial charge in [-0.05, 0) is 50.7 Å². The molecule has 0 spiro atoms. The van der Waals surface area contributed by atoms with Crippen LogP contribution in [-0.4, -0.2) is 26.1 Å². The number of nitrogens with two attached hydrogens (primary N) is 1. The van der Waals surface area contributed by atoms with Gasteiger partial charge in [0.05, 0.1) is 18.6 Å². The number of hydrogen-bond donors (Lipinski definition) is 2. The number of para-hydroxylation sites is 1. The Kier molecular flexibility index (Phi) is 7.16. The van der Waals surface area contributed by atoms with Gasteiger partial charge in [-0.25, -0.2) is 14.8 Å². The predicted molar refractivity (Wildman–Crippen MR) is 148 cm³/mol. The molecule has 2 heterocycles. The molecule has 0 amide bonds. The molecule has 2 aromatic heterocycles. The topological polar surface area (TPSA) is 110 Å². The summed E-state index contributed by atoms with van der Waals surface area (Å²) in [6, 6.07) is 17.5. The van der Waals surface area contributed by atoms with Crippen molar-refractivity contribution in [2.75, 3.05) is 17.2 Å². The minimum absolute atomic E-state index is 0.146. The summed E-state index contributed by atoms with van der Waals surface area (Å²) in [6.45, 7) is 3.10. The molecule has 8 heteroatoms. The molecule has 0 fully saturated rings. The molecule has 5 rings (SSSR count). The lowest BCUT2D eigenvalue weighted by Crippen LogP contribution is -2.39. The normalized spacial score (nSPS) is 13.5. The summed E-state index contributed by atoms with van der Waals surface area (Å²) < 4.78 is 1.42. The number of nitrogens with one attached hydrogen (secondary N) is 1. The van der Waals surface area contributed by atoms with Crippen molar-refractivity contribution in [1.82, 2.24) is 19.5 Å². The Morgan fingerprint density at radius 2 is 1.81 bits per heavy atom. The molecule has 2 aromatic carbocycles. The smallest absolute Gasteiger partial charge is 0.330 e. The quantitative estimate of drug-likeness (QED) is 0.352. The monoisotopic (exact) mass is 496 g/mol. The Labute approximate surface area is 215 Å². The van der Waals surface area contributed by atoms with Crippen LogP contribution in [0.3, 0.4) is 0 Å². The second-order valence-corrected chi connectivity index (χ2v) is 9.59. The summed E-state index contributed by atoms with van der Waals surface area (Å²) in [5, 5.41) is 0.999. The molecule has 8 nitrogen and oxygen atoms in total. The third-order valence-corrected chi connectivity index (χ3v) is 6.97. The van der Waals surface area contributed by atoms with Crippen molar-refractivity contribution in [3.05, 3.63) is 104 Å². The van der Waals surface area contributed by atoms with E-state index in [0.717, 1.165) is 41.4 Å². The zero-order valence-corrected chi connectivity index (χ0v) is 21.1. The third kappa shape index (κ3) is 5.48. The van der Waals surface area contributed by atoms with E-state index in [0.29, 0.717) is 18.9 Å². The molecule has 0 saturated carbocycles. The Balaban J connectivity index is 1.55. The molecule has 0 bridgehead atoms. The van der Waals surface area contributed by atoms with Crippen LogP contribution in [0.1, 0.15) is 49.2 Å². The molecule has 1 aliphatic rings. The highest BCUT2D eigenvalue weighted by Crippen LogP contribution is 2.25. The zero-order valence-electron chi connectivity index (χ0n) is 21.1. The predicted octanol–water partition coefficient (Wildman–Crippen LogP) is 4.32. The number of anilines is 2. The molecule has 0 radical (unpaired) electrons. The number of H-pyrrole nitrogens is 1. The van der Waals surface area contributed by atoms with E-state index in [-0.39, 0.29) is 18.1 Å². The Morgan fingerprint density at radius 3 is 2.59 bits per heavy atom. The summed E-state index contributed by atoms with van der Waals surface area (Å²) in [4.78, 5) is 39.9. The minimum Gasteiger partial charge on any atom is -0.383 e. The second-order valence-electron chi connectivity index (χ2n) is 9.59. The molecular weight excluding hydrogens is 464 g/mol. The highest BCUT2D eigenvalue weighted by Gasteiger charge is 2.21. The van der Waals surface area contributed by atoms with E-state index in [2.05, 4.69) is 11.1 Å². The fourth-order valence-electron chi connectivity index (χ4n) is 5.02. The fourth-order valence-corrected chi connectivity index (χ4v) is 5.02. The van der Waals surface area contributed by atoms with Gasteiger partial charge in [0.25, 0.3) is 5.56 Å². The van der Waals surface area contributed by atoms with Crippen LogP contribution < -0.4 is 21.9 Å². The lowest BCUT2D eigenvalue weighted by atomic mass is 9.97. The van der Waals surface area contributed by atoms with Crippen LogP contribution in [0, 0.1) is 6.92 Å². The lowest BCUT2D eigenvalue weighted by Gasteiger charge is -2.27. The SMILES string of the molecule is Cc1nc(CN(CCC2=CCCCC2)c2c(N)n(Cc3ccccc3)c(=O)[nH]c2=O)nc2ccccc12. The summed E-state index contributed by atoms with van der Waals surface area (Å²) in [6.07, 6.45) is 7.68. The number of nitrogens with zero attached hydrogens (tertiary/aromatic N) is 4. The van der Waals surface area contributed by atoms with Gasteiger partial charge in [0.15, 0.2) is 0 Å². The number of rotatable bonds is 8. The molecule has 0 aliphatic heterocycles. The molecular formula is C29H32N6O2. The van der Waals surface area contributed by atoms with Crippen molar-refractivity contribution in [3.8, 4) is 0 Å². The number of aromatic nitrogens is 4. The second kappa shape index (κ2) is 10.8. The van der Waals surface area contributed by atoms with Crippen molar-refractivity contribution in [3.63, 3.8) is 0 Å². The molecule has 1 aliphatic carbocycles. The first-order chi connectivity index (χ1) is 18.0. The van der Waals surface area contributed by atoms with Crippen molar-refractivity contribution in [2.24, 2.45) is 0 Å². The lowest BCUT2D eigenvalue weighted by molar-refractivity contribution is 0.653. The number of nitrogen functional groups attached to an aromatic ring is 1. The summed E-state index contributed by atoms with van der Waals surface area (Å²) in [7, 11) is 0. The molecule has 3 N–H and O–H groups in total. The highest BCUT2D eigenvalue weighted by atomic mass is 16.2. The number of aryl methyl sites for hydroxylation is 1. The average Bonchev–Trinajstić information content (AvgIpc) is 2.91. The number of benzene rings is 2. The Morgan fingerprint density at radius 1 is 1.03 bits per heavy atom. The maximum atomic E-state index is 13.2. The Hall–Kier alpha value is -4.20. The van der Waals surface area contributed by atoms with Gasteiger partial charge >= 0.3 is 5.69 Å². The first-order valence-corrected chi connectivity index (χ1v) is 12.8. The van der Waals surface area contributed by atoms with Crippen molar-refractivity contribution >= 4 is 22.4 Å². The van der Waals surface area contributed by atoms with E-state index in [1.807, 2.05) is 66.4 Å². The molecule has 190 valence electrons. The highest BCUT2D eigenvalue weighted by molar-refractivity contribution is 5.80. The maximum absolute atomic E-state index is 13.2. The zero-order chi connectivity index (χ0) is 25.8. The van der Waals surface area contributed by atoms with E-state index >= 15 is 0 Å². The van der Waals surface area contributed by atoms with E-state index in [1.165, 1.54) is 23.0 Å². The molecule has 4 aromatic rings. The van der Waals surface area contributed by atoms with Crippen LogP contribution in [-0.2, 0) is 13.1 Å². The van der Waals surface area contributed by atoms with Gasteiger partial charge in [0, 0.05) is 17.6 Å². The maximum Gasteiger partial charge on any atom is 0.330 e. The van der Waals surface area contributed by atoms with Crippen LogP contribution in [0.15, 0.2) is 75.8 Å². The minimum atomic E-state index is -0.525. The number of aromatic amines is 1. The van der Waals surface area contributed by atoms with Gasteiger partial charge in [-0.2, -0.15) is 0 Å². The van der Waals surface area contributed by atoms with Gasteiger partial charge in [0.2, 0.25) is 0 Å². The van der Waals surface area contributed by atoms with Crippen molar-refractivity contribution in [2.45, 2.75) is 52.1 Å². The van der Waals surface area contributed by atoms with Gasteiger partial charge < -0.3 is 10.6 Å². The number of hydrogen-bond acceptors (Lipinski definition) is 6. The largest absolute Gasteiger partial charge is 0.383 e. The average molecular weight is 497 g/mol. The Bertz CT molecular complexity index is 1550. The van der Waals surface area contributed by atoms with Crippen LogP contribution in [0.5, 0.6) is 0 Å². The fraction of sp³-hybridized carbons (Fsp3) is 0.310. The van der Waals surface area contributed by atoms with Crippen LogP contribution >= 0.6 is 0 Å². The molecule has 0 unspecified atom stereocenters. The standard InChI is InChI=1S/C29H32N6O2/c1-20-23-14-8-9-15-24(23)32-25(31-20)19-34(17-16-21-10-4-2-5-11-21)26-27(30)35(29(37)33-28(26)36)18-22-12-6-3-7-13-22/h3,6-10,12-15H,2,4-5,11,16-19,30H2,1H3,(H,33,36,37). The van der Waals surface area contributed by atoms with E-state index in [1.54, 1.807) is 0 Å². The van der Waals surface area contributed by atoms with Crippen LogP contribution in [0.4, 0.5) is 11.5 Å². The molecule has 37 heavy (non-hydrogen) atoms. The summed E-state index contributed by atoms with van der Waals surface area (Å²) in [5.74, 6) is 0.751. The van der Waals surface area contributed by atoms with Gasteiger partial charge in [0.1, 0.15) is 17.3 Å². The van der Waals surface area contributed by atoms with Crippen molar-refractivity contribution < 1.29 is 0 Å². The van der Waals surface area contributed by atoms with E-state index in [9.17, 15) is 9.59 Å². The summed E-state index contributed by atoms with van der Waals surface area (Å²) >= 11 is 0. The van der Waals surface area contributed by atoms with E-state index in [4.69, 9.17) is 15.7 Å². The number of allylic oxidation sites excluding steroid dienone is 1. The summed E-state index contributed by atoms with van der Waals surface area (Å²) in [5.41, 5.74) is 9.86. The third-order valence-electron chi connectivity index (χ3n) is 6.97. The first kappa shape index (κ1) is 24.5. The van der Waals surface area contributed by atoms with Gasteiger partial charge in [-0.15, -0.1) is 0 Å².